The third-order valence-electron chi connectivity index (χ3n) is 2.92. The number of ether oxygens (including phenoxy) is 1. The Morgan fingerprint density at radius 3 is 2.62 bits per heavy atom. The monoisotopic (exact) mass is 411 g/mol. The van der Waals surface area contributed by atoms with Crippen molar-refractivity contribution in [1.29, 1.82) is 0 Å². The standard InChI is InChI=1S/C16H15Br2NO2/c1-10-3-4-11(2)14(7-10)19-16(20)9-21-15-6-5-12(17)8-13(15)18/h3-8H,9H2,1-2H3,(H,19,20). The molecule has 2 rings (SSSR count). The summed E-state index contributed by atoms with van der Waals surface area (Å²) in [5.41, 5.74) is 2.95. The summed E-state index contributed by atoms with van der Waals surface area (Å²) >= 11 is 6.77. The average molecular weight is 413 g/mol. The molecule has 0 aliphatic rings. The van der Waals surface area contributed by atoms with Gasteiger partial charge in [-0.15, -0.1) is 0 Å². The van der Waals surface area contributed by atoms with E-state index in [4.69, 9.17) is 4.74 Å². The highest BCUT2D eigenvalue weighted by Crippen LogP contribution is 2.28. The van der Waals surface area contributed by atoms with Crippen molar-refractivity contribution >= 4 is 43.5 Å². The summed E-state index contributed by atoms with van der Waals surface area (Å²) < 4.78 is 7.26. The number of nitrogens with one attached hydrogen (secondary N) is 1. The fourth-order valence-electron chi connectivity index (χ4n) is 1.79. The average Bonchev–Trinajstić information content (AvgIpc) is 2.42. The summed E-state index contributed by atoms with van der Waals surface area (Å²) in [6.07, 6.45) is 0. The van der Waals surface area contributed by atoms with Crippen LogP contribution in [0.25, 0.3) is 0 Å². The second-order valence-electron chi connectivity index (χ2n) is 4.73. The second-order valence-corrected chi connectivity index (χ2v) is 6.50. The number of halogens is 2. The maximum Gasteiger partial charge on any atom is 0.262 e. The van der Waals surface area contributed by atoms with Crippen molar-refractivity contribution < 1.29 is 9.53 Å². The first kappa shape index (κ1) is 16.0. The van der Waals surface area contributed by atoms with Crippen LogP contribution in [0.4, 0.5) is 5.69 Å². The van der Waals surface area contributed by atoms with Crippen LogP contribution in [0.2, 0.25) is 0 Å². The van der Waals surface area contributed by atoms with Crippen molar-refractivity contribution in [2.24, 2.45) is 0 Å². The molecule has 0 saturated heterocycles. The van der Waals surface area contributed by atoms with Gasteiger partial charge in [-0.1, -0.05) is 28.1 Å². The molecule has 21 heavy (non-hydrogen) atoms. The number of anilines is 1. The van der Waals surface area contributed by atoms with Crippen LogP contribution in [0.15, 0.2) is 45.3 Å². The number of rotatable bonds is 4. The summed E-state index contributed by atoms with van der Waals surface area (Å²) in [4.78, 5) is 12.0. The van der Waals surface area contributed by atoms with Gasteiger partial charge in [0.25, 0.3) is 5.91 Å². The largest absolute Gasteiger partial charge is 0.483 e. The Kier molecular flexibility index (Phi) is 5.42. The lowest BCUT2D eigenvalue weighted by Gasteiger charge is -2.11. The van der Waals surface area contributed by atoms with E-state index >= 15 is 0 Å². The van der Waals surface area contributed by atoms with Gasteiger partial charge >= 0.3 is 0 Å². The molecule has 0 aromatic heterocycles. The van der Waals surface area contributed by atoms with Crippen molar-refractivity contribution in [2.45, 2.75) is 13.8 Å². The van der Waals surface area contributed by atoms with Gasteiger partial charge in [-0.25, -0.2) is 0 Å². The summed E-state index contributed by atoms with van der Waals surface area (Å²) in [6, 6.07) is 11.5. The molecule has 1 amide bonds. The molecule has 0 heterocycles. The minimum Gasteiger partial charge on any atom is -0.483 e. The molecule has 5 heteroatoms. The van der Waals surface area contributed by atoms with Crippen LogP contribution in [0, 0.1) is 13.8 Å². The van der Waals surface area contributed by atoms with Crippen molar-refractivity contribution in [1.82, 2.24) is 0 Å². The summed E-state index contributed by atoms with van der Waals surface area (Å²) in [5, 5.41) is 2.86. The van der Waals surface area contributed by atoms with Crippen LogP contribution >= 0.6 is 31.9 Å². The first-order valence-electron chi connectivity index (χ1n) is 6.40. The predicted octanol–water partition coefficient (Wildman–Crippen LogP) is 4.85. The molecular weight excluding hydrogens is 398 g/mol. The molecule has 0 aliphatic heterocycles. The van der Waals surface area contributed by atoms with Crippen LogP contribution in [0.3, 0.4) is 0 Å². The maximum atomic E-state index is 12.0. The first-order chi connectivity index (χ1) is 9.95. The number of hydrogen-bond acceptors (Lipinski definition) is 2. The third-order valence-corrected chi connectivity index (χ3v) is 4.03. The molecule has 110 valence electrons. The number of carbonyl (C=O) groups is 1. The summed E-state index contributed by atoms with van der Waals surface area (Å²) in [7, 11) is 0. The molecule has 0 radical (unpaired) electrons. The van der Waals surface area contributed by atoms with Crippen LogP contribution in [0.1, 0.15) is 11.1 Å². The number of amides is 1. The Labute approximate surface area is 141 Å². The Balaban J connectivity index is 1.97. The van der Waals surface area contributed by atoms with Crippen LogP contribution < -0.4 is 10.1 Å². The number of hydrogen-bond donors (Lipinski definition) is 1. The first-order valence-corrected chi connectivity index (χ1v) is 7.99. The van der Waals surface area contributed by atoms with Gasteiger partial charge in [0, 0.05) is 10.2 Å². The molecule has 0 aliphatic carbocycles. The molecule has 1 N–H and O–H groups in total. The fourth-order valence-corrected chi connectivity index (χ4v) is 2.95. The molecule has 0 saturated carbocycles. The quantitative estimate of drug-likeness (QED) is 0.779. The van der Waals surface area contributed by atoms with E-state index in [1.54, 1.807) is 6.07 Å². The van der Waals surface area contributed by atoms with E-state index in [9.17, 15) is 4.79 Å². The number of carbonyl (C=O) groups excluding carboxylic acids is 1. The minimum atomic E-state index is -0.182. The summed E-state index contributed by atoms with van der Waals surface area (Å²) in [5.74, 6) is 0.452. The molecule has 0 unspecified atom stereocenters. The van der Waals surface area contributed by atoms with E-state index in [0.29, 0.717) is 5.75 Å². The highest BCUT2D eigenvalue weighted by molar-refractivity contribution is 9.11. The van der Waals surface area contributed by atoms with Crippen molar-refractivity contribution in [3.05, 3.63) is 56.5 Å². The Hall–Kier alpha value is -1.33. The smallest absolute Gasteiger partial charge is 0.262 e. The van der Waals surface area contributed by atoms with E-state index in [2.05, 4.69) is 37.2 Å². The molecular formula is C16H15Br2NO2. The minimum absolute atomic E-state index is 0.0341. The van der Waals surface area contributed by atoms with Crippen LogP contribution in [-0.2, 0) is 4.79 Å². The van der Waals surface area contributed by atoms with Gasteiger partial charge in [0.2, 0.25) is 0 Å². The van der Waals surface area contributed by atoms with Gasteiger partial charge < -0.3 is 10.1 Å². The van der Waals surface area contributed by atoms with Crippen LogP contribution in [0.5, 0.6) is 5.75 Å². The van der Waals surface area contributed by atoms with Gasteiger partial charge in [-0.2, -0.15) is 0 Å². The van der Waals surface area contributed by atoms with Gasteiger partial charge in [0.05, 0.1) is 4.47 Å². The summed E-state index contributed by atoms with van der Waals surface area (Å²) in [6.45, 7) is 3.92. The fraction of sp³-hybridized carbons (Fsp3) is 0.188. The third kappa shape index (κ3) is 4.58. The normalized spacial score (nSPS) is 10.3. The van der Waals surface area contributed by atoms with Gasteiger partial charge in [0.1, 0.15) is 5.75 Å². The predicted molar refractivity (Wildman–Crippen MR) is 91.9 cm³/mol. The van der Waals surface area contributed by atoms with E-state index in [1.165, 1.54) is 0 Å². The molecule has 2 aromatic carbocycles. The van der Waals surface area contributed by atoms with E-state index in [-0.39, 0.29) is 12.5 Å². The lowest BCUT2D eigenvalue weighted by molar-refractivity contribution is -0.118. The van der Waals surface area contributed by atoms with E-state index in [1.807, 2.05) is 44.2 Å². The second kappa shape index (κ2) is 7.09. The SMILES string of the molecule is Cc1ccc(C)c(NC(=O)COc2ccc(Br)cc2Br)c1. The van der Waals surface area contributed by atoms with Crippen molar-refractivity contribution in [3.8, 4) is 5.75 Å². The molecule has 0 fully saturated rings. The Morgan fingerprint density at radius 2 is 1.90 bits per heavy atom. The van der Waals surface area contributed by atoms with E-state index < -0.39 is 0 Å². The van der Waals surface area contributed by atoms with Gasteiger partial charge in [-0.05, 0) is 65.2 Å². The van der Waals surface area contributed by atoms with E-state index in [0.717, 1.165) is 25.8 Å². The topological polar surface area (TPSA) is 38.3 Å². The van der Waals surface area contributed by atoms with Gasteiger partial charge in [-0.3, -0.25) is 4.79 Å². The zero-order valence-corrected chi connectivity index (χ0v) is 14.9. The number of benzene rings is 2. The number of aryl methyl sites for hydroxylation is 2. The maximum absolute atomic E-state index is 12.0. The zero-order chi connectivity index (χ0) is 15.4. The molecule has 2 aromatic rings. The molecule has 0 atom stereocenters. The molecule has 0 spiro atoms. The van der Waals surface area contributed by atoms with Crippen molar-refractivity contribution in [2.75, 3.05) is 11.9 Å². The highest BCUT2D eigenvalue weighted by atomic mass is 79.9. The lowest BCUT2D eigenvalue weighted by Crippen LogP contribution is -2.20. The highest BCUT2D eigenvalue weighted by Gasteiger charge is 2.08. The molecule has 3 nitrogen and oxygen atoms in total. The van der Waals surface area contributed by atoms with Crippen LogP contribution in [-0.4, -0.2) is 12.5 Å². The molecule has 0 bridgehead atoms. The Bertz CT molecular complexity index is 671. The van der Waals surface area contributed by atoms with Crippen molar-refractivity contribution in [3.63, 3.8) is 0 Å². The lowest BCUT2D eigenvalue weighted by atomic mass is 10.1. The van der Waals surface area contributed by atoms with Gasteiger partial charge in [0.15, 0.2) is 6.61 Å². The zero-order valence-electron chi connectivity index (χ0n) is 11.7. The Morgan fingerprint density at radius 1 is 1.14 bits per heavy atom.